The molecular weight excluding hydrogens is 388 g/mol. The van der Waals surface area contributed by atoms with Crippen molar-refractivity contribution in [3.8, 4) is 0 Å². The first-order valence-electron chi connectivity index (χ1n) is 11.2. The Hall–Kier alpha value is -0.740. The van der Waals surface area contributed by atoms with Crippen LogP contribution >= 0.6 is 15.8 Å². The quantitative estimate of drug-likeness (QED) is 0.408. The Morgan fingerprint density at radius 1 is 0.552 bits per heavy atom. The molecule has 0 amide bonds. The second kappa shape index (κ2) is 11.6. The molecule has 1 nitrogen and oxygen atoms in total. The summed E-state index contributed by atoms with van der Waals surface area (Å²) < 4.78 is 0. The summed E-state index contributed by atoms with van der Waals surface area (Å²) in [6.45, 7) is 20.9. The number of benzene rings is 2. The minimum Gasteiger partial charge on any atom is -0.309 e. The smallest absolute Gasteiger partial charge is 0.0215 e. The number of hydrogen-bond acceptors (Lipinski definition) is 1. The van der Waals surface area contributed by atoms with E-state index >= 15 is 0 Å². The largest absolute Gasteiger partial charge is 0.309 e. The van der Waals surface area contributed by atoms with E-state index in [0.29, 0.717) is 22.6 Å². The fraction of sp³-hybridized carbons (Fsp3) is 0.538. The second-order valence-electron chi connectivity index (χ2n) is 9.05. The molecule has 0 saturated carbocycles. The summed E-state index contributed by atoms with van der Waals surface area (Å²) in [6, 6.07) is 18.2. The van der Waals surface area contributed by atoms with Gasteiger partial charge in [0.25, 0.3) is 0 Å². The number of hydrogen-bond donors (Lipinski definition) is 1. The Kier molecular flexibility index (Phi) is 9.81. The van der Waals surface area contributed by atoms with E-state index in [1.54, 1.807) is 10.6 Å². The van der Waals surface area contributed by atoms with Crippen molar-refractivity contribution in [3.63, 3.8) is 0 Å². The molecule has 0 aliphatic rings. The fourth-order valence-corrected chi connectivity index (χ4v) is 10.6. The molecule has 0 heterocycles. The first kappa shape index (κ1) is 24.5. The molecule has 0 bridgehead atoms. The van der Waals surface area contributed by atoms with Gasteiger partial charge in [0.2, 0.25) is 0 Å². The van der Waals surface area contributed by atoms with Gasteiger partial charge < -0.3 is 5.32 Å². The summed E-state index contributed by atoms with van der Waals surface area (Å²) in [4.78, 5) is 0. The number of rotatable bonds is 10. The Morgan fingerprint density at radius 3 is 1.17 bits per heavy atom. The van der Waals surface area contributed by atoms with Gasteiger partial charge in [0, 0.05) is 13.1 Å². The summed E-state index contributed by atoms with van der Waals surface area (Å²) in [6.07, 6.45) is 0. The molecule has 0 aliphatic carbocycles. The van der Waals surface area contributed by atoms with Gasteiger partial charge in [-0.05, 0) is 44.4 Å². The van der Waals surface area contributed by atoms with E-state index in [4.69, 9.17) is 0 Å². The lowest BCUT2D eigenvalue weighted by molar-refractivity contribution is 0.697. The van der Waals surface area contributed by atoms with E-state index in [-0.39, 0.29) is 15.8 Å². The summed E-state index contributed by atoms with van der Waals surface area (Å²) in [5.41, 5.74) is 5.82. The van der Waals surface area contributed by atoms with Crippen molar-refractivity contribution in [2.75, 3.05) is 0 Å². The van der Waals surface area contributed by atoms with Gasteiger partial charge in [0.15, 0.2) is 0 Å². The van der Waals surface area contributed by atoms with Crippen molar-refractivity contribution < 1.29 is 0 Å². The molecule has 0 fully saturated rings. The van der Waals surface area contributed by atoms with E-state index in [9.17, 15) is 0 Å². The maximum atomic E-state index is 3.78. The van der Waals surface area contributed by atoms with Gasteiger partial charge in [0.05, 0.1) is 0 Å². The van der Waals surface area contributed by atoms with E-state index in [1.165, 1.54) is 11.1 Å². The van der Waals surface area contributed by atoms with Crippen LogP contribution in [-0.4, -0.2) is 22.6 Å². The molecule has 1 N–H and O–H groups in total. The van der Waals surface area contributed by atoms with Gasteiger partial charge in [0.1, 0.15) is 0 Å². The van der Waals surface area contributed by atoms with Crippen LogP contribution < -0.4 is 15.9 Å². The Balaban J connectivity index is 2.18. The molecule has 0 spiro atoms. The van der Waals surface area contributed by atoms with Crippen LogP contribution in [0.4, 0.5) is 0 Å². The lowest BCUT2D eigenvalue weighted by Gasteiger charge is -2.29. The topological polar surface area (TPSA) is 12.0 Å². The van der Waals surface area contributed by atoms with Crippen molar-refractivity contribution >= 4 is 26.5 Å². The first-order chi connectivity index (χ1) is 13.7. The van der Waals surface area contributed by atoms with E-state index in [2.05, 4.69) is 109 Å². The minimum atomic E-state index is -0.136. The van der Waals surface area contributed by atoms with Gasteiger partial charge in [-0.3, -0.25) is 0 Å². The standard InChI is InChI=1S/C26H41NP2/c1-19(2)28(20(3)4)25-15-11-9-13-23(25)17-27-18-24-14-10-12-16-26(24)29(21(5)6)22(7)8/h9-16,19-22,27H,17-18H2,1-8H3. The van der Waals surface area contributed by atoms with Crippen molar-refractivity contribution in [1.29, 1.82) is 0 Å². The molecule has 0 aromatic heterocycles. The Morgan fingerprint density at radius 2 is 0.862 bits per heavy atom. The Bertz CT molecular complexity index is 672. The lowest BCUT2D eigenvalue weighted by Crippen LogP contribution is -2.25. The summed E-state index contributed by atoms with van der Waals surface area (Å²) in [5.74, 6) is 0. The van der Waals surface area contributed by atoms with Crippen LogP contribution in [0.5, 0.6) is 0 Å². The molecule has 3 heteroatoms. The molecule has 2 aromatic rings. The van der Waals surface area contributed by atoms with Crippen LogP contribution in [0.2, 0.25) is 0 Å². The number of nitrogens with one attached hydrogen (secondary N) is 1. The highest BCUT2D eigenvalue weighted by Crippen LogP contribution is 2.46. The van der Waals surface area contributed by atoms with E-state index in [0.717, 1.165) is 13.1 Å². The van der Waals surface area contributed by atoms with Crippen LogP contribution in [0.1, 0.15) is 66.5 Å². The molecule has 2 rings (SSSR count). The zero-order chi connectivity index (χ0) is 21.6. The second-order valence-corrected chi connectivity index (χ2v) is 15.8. The average molecular weight is 430 g/mol. The van der Waals surface area contributed by atoms with Crippen LogP contribution in [-0.2, 0) is 13.1 Å². The Labute approximate surface area is 182 Å². The third-order valence-electron chi connectivity index (χ3n) is 5.40. The minimum absolute atomic E-state index is 0.136. The van der Waals surface area contributed by atoms with Gasteiger partial charge in [-0.1, -0.05) is 120 Å². The van der Waals surface area contributed by atoms with Crippen LogP contribution in [0.25, 0.3) is 0 Å². The van der Waals surface area contributed by atoms with Crippen LogP contribution in [0.15, 0.2) is 48.5 Å². The zero-order valence-corrected chi connectivity index (χ0v) is 21.5. The van der Waals surface area contributed by atoms with Gasteiger partial charge in [-0.2, -0.15) is 0 Å². The molecule has 2 aromatic carbocycles. The molecule has 0 saturated heterocycles. The summed E-state index contributed by atoms with van der Waals surface area (Å²) in [7, 11) is -0.272. The van der Waals surface area contributed by atoms with Gasteiger partial charge in [-0.25, -0.2) is 0 Å². The van der Waals surface area contributed by atoms with E-state index in [1.807, 2.05) is 0 Å². The van der Waals surface area contributed by atoms with Gasteiger partial charge in [-0.15, -0.1) is 0 Å². The molecule has 160 valence electrons. The fourth-order valence-electron chi connectivity index (χ4n) is 4.46. The molecule has 0 unspecified atom stereocenters. The van der Waals surface area contributed by atoms with Gasteiger partial charge >= 0.3 is 0 Å². The molecule has 0 radical (unpaired) electrons. The molecular formula is C26H41NP2. The summed E-state index contributed by atoms with van der Waals surface area (Å²) in [5, 5.41) is 6.95. The zero-order valence-electron chi connectivity index (χ0n) is 19.7. The predicted molar refractivity (Wildman–Crippen MR) is 137 cm³/mol. The highest BCUT2D eigenvalue weighted by atomic mass is 31.1. The molecule has 0 aliphatic heterocycles. The van der Waals surface area contributed by atoms with Crippen molar-refractivity contribution in [3.05, 3.63) is 59.7 Å². The van der Waals surface area contributed by atoms with Crippen molar-refractivity contribution in [1.82, 2.24) is 5.32 Å². The van der Waals surface area contributed by atoms with Crippen molar-refractivity contribution in [2.24, 2.45) is 0 Å². The first-order valence-corrected chi connectivity index (χ1v) is 14.1. The SMILES string of the molecule is CC(C)P(c1ccccc1CNCc1ccccc1P(C(C)C)C(C)C)C(C)C. The monoisotopic (exact) mass is 429 g/mol. The third kappa shape index (κ3) is 6.62. The van der Waals surface area contributed by atoms with Crippen molar-refractivity contribution in [2.45, 2.75) is 91.1 Å². The highest BCUT2D eigenvalue weighted by Gasteiger charge is 2.22. The summed E-state index contributed by atoms with van der Waals surface area (Å²) >= 11 is 0. The van der Waals surface area contributed by atoms with Crippen LogP contribution in [0, 0.1) is 0 Å². The molecule has 0 atom stereocenters. The highest BCUT2D eigenvalue weighted by molar-refractivity contribution is 7.67. The average Bonchev–Trinajstić information content (AvgIpc) is 2.63. The predicted octanol–water partition coefficient (Wildman–Crippen LogP) is 6.82. The normalized spacial score (nSPS) is 12.3. The third-order valence-corrected chi connectivity index (χ3v) is 11.8. The molecule has 29 heavy (non-hydrogen) atoms. The van der Waals surface area contributed by atoms with E-state index < -0.39 is 0 Å². The van der Waals surface area contributed by atoms with Crippen LogP contribution in [0.3, 0.4) is 0 Å². The lowest BCUT2D eigenvalue weighted by atomic mass is 10.2. The maximum absolute atomic E-state index is 3.78. The maximum Gasteiger partial charge on any atom is 0.0215 e.